The average molecular weight is 599 g/mol. The van der Waals surface area contributed by atoms with E-state index in [1.807, 2.05) is 34.6 Å². The van der Waals surface area contributed by atoms with Gasteiger partial charge in [-0.3, -0.25) is 0 Å². The molecule has 0 aliphatic rings. The fourth-order valence-corrected chi connectivity index (χ4v) is 3.83. The first-order valence-electron chi connectivity index (χ1n) is 13.4. The molecule has 0 fully saturated rings. The maximum absolute atomic E-state index is 13.5. The lowest BCUT2D eigenvalue weighted by atomic mass is 10.0. The van der Waals surface area contributed by atoms with Crippen molar-refractivity contribution in [3.63, 3.8) is 0 Å². The van der Waals surface area contributed by atoms with Crippen molar-refractivity contribution in [3.05, 3.63) is 77.5 Å². The number of rotatable bonds is 11. The topological polar surface area (TPSA) is 98.0 Å². The molecule has 0 spiro atoms. The van der Waals surface area contributed by atoms with E-state index in [1.165, 1.54) is 18.2 Å². The molecule has 0 saturated carbocycles. The zero-order valence-corrected chi connectivity index (χ0v) is 24.1. The smallest absolute Gasteiger partial charge is 0.405 e. The number of nitrogens with one attached hydrogen (secondary N) is 2. The van der Waals surface area contributed by atoms with Crippen molar-refractivity contribution in [2.45, 2.75) is 72.1 Å². The lowest BCUT2D eigenvalue weighted by Gasteiger charge is -2.17. The van der Waals surface area contributed by atoms with E-state index in [0.29, 0.717) is 28.8 Å². The van der Waals surface area contributed by atoms with Gasteiger partial charge in [0.15, 0.2) is 0 Å². The van der Waals surface area contributed by atoms with Crippen molar-refractivity contribution in [3.8, 4) is 0 Å². The van der Waals surface area contributed by atoms with Crippen molar-refractivity contribution >= 4 is 22.4 Å². The number of allylic oxidation sites excluding steroid dienone is 3. The summed E-state index contributed by atoms with van der Waals surface area (Å²) in [5, 5.41) is 6.60. The molecule has 0 bridgehead atoms. The number of aromatic nitrogens is 3. The van der Waals surface area contributed by atoms with Gasteiger partial charge in [0, 0.05) is 23.9 Å². The number of ether oxygens (including phenoxy) is 1. The van der Waals surface area contributed by atoms with Crippen LogP contribution in [0.3, 0.4) is 0 Å². The van der Waals surface area contributed by atoms with Gasteiger partial charge in [-0.05, 0) is 62.9 Å². The molecule has 2 heterocycles. The van der Waals surface area contributed by atoms with Gasteiger partial charge in [-0.15, -0.1) is 0 Å². The molecule has 3 aromatic rings. The van der Waals surface area contributed by atoms with E-state index in [1.54, 1.807) is 6.07 Å². The number of fused-ring (bicyclic) bond motifs is 1. The molecule has 0 aliphatic heterocycles. The molecule has 0 amide bonds. The summed E-state index contributed by atoms with van der Waals surface area (Å²) >= 11 is 0. The van der Waals surface area contributed by atoms with Crippen LogP contribution in [-0.4, -0.2) is 39.9 Å². The van der Waals surface area contributed by atoms with Crippen LogP contribution < -0.4 is 16.4 Å². The van der Waals surface area contributed by atoms with Gasteiger partial charge in [0.2, 0.25) is 0 Å². The van der Waals surface area contributed by atoms with Gasteiger partial charge < -0.3 is 21.1 Å². The summed E-state index contributed by atoms with van der Waals surface area (Å²) in [6.45, 7) is 10.4. The van der Waals surface area contributed by atoms with Gasteiger partial charge in [-0.2, -0.15) is 26.3 Å². The van der Waals surface area contributed by atoms with E-state index < -0.39 is 30.0 Å². The maximum atomic E-state index is 13.5. The molecule has 13 heteroatoms. The SMILES string of the molecule is CC.CC(C)OC(C)CNCc1nc(Nc2ccc(C(F)(F)F)nc2)c2ccc(C/C(=C\C=C/N)C(F)(F)F)cc2n1. The quantitative estimate of drug-likeness (QED) is 0.158. The third kappa shape index (κ3) is 10.6. The molecular formula is C29H36F6N6O. The highest BCUT2D eigenvalue weighted by molar-refractivity contribution is 5.91. The first-order valence-corrected chi connectivity index (χ1v) is 13.4. The molecule has 3 rings (SSSR count). The average Bonchev–Trinajstić information content (AvgIpc) is 2.90. The van der Waals surface area contributed by atoms with Gasteiger partial charge in [-0.1, -0.05) is 26.0 Å². The van der Waals surface area contributed by atoms with E-state index in [4.69, 9.17) is 10.5 Å². The van der Waals surface area contributed by atoms with Gasteiger partial charge in [-0.25, -0.2) is 15.0 Å². The minimum absolute atomic E-state index is 0.0382. The van der Waals surface area contributed by atoms with Crippen LogP contribution in [0.15, 0.2) is 60.5 Å². The zero-order chi connectivity index (χ0) is 31.5. The van der Waals surface area contributed by atoms with Crippen LogP contribution in [0.2, 0.25) is 0 Å². The molecule has 0 saturated heterocycles. The summed E-state index contributed by atoms with van der Waals surface area (Å²) < 4.78 is 85.0. The Morgan fingerprint density at radius 1 is 1.02 bits per heavy atom. The van der Waals surface area contributed by atoms with E-state index in [9.17, 15) is 26.3 Å². The van der Waals surface area contributed by atoms with Crippen molar-refractivity contribution in [1.82, 2.24) is 20.3 Å². The summed E-state index contributed by atoms with van der Waals surface area (Å²) in [5.41, 5.74) is 4.31. The molecule has 1 unspecified atom stereocenters. The van der Waals surface area contributed by atoms with Gasteiger partial charge in [0.05, 0.1) is 36.2 Å². The van der Waals surface area contributed by atoms with Crippen LogP contribution in [0.25, 0.3) is 10.9 Å². The first kappa shape index (κ1) is 34.5. The highest BCUT2D eigenvalue weighted by Gasteiger charge is 2.33. The van der Waals surface area contributed by atoms with Crippen LogP contribution in [-0.2, 0) is 23.9 Å². The minimum atomic E-state index is -4.59. The number of halogens is 6. The number of nitrogens with two attached hydrogens (primary N) is 1. The number of nitrogens with zero attached hydrogens (tertiary/aromatic N) is 3. The van der Waals surface area contributed by atoms with Crippen LogP contribution in [0.5, 0.6) is 0 Å². The number of pyridine rings is 1. The van der Waals surface area contributed by atoms with Crippen molar-refractivity contribution < 1.29 is 31.1 Å². The molecule has 2 aromatic heterocycles. The molecule has 0 aliphatic carbocycles. The zero-order valence-electron chi connectivity index (χ0n) is 24.1. The Labute approximate surface area is 241 Å². The monoisotopic (exact) mass is 598 g/mol. The van der Waals surface area contributed by atoms with Gasteiger partial charge >= 0.3 is 12.4 Å². The Hall–Kier alpha value is -3.71. The Balaban J connectivity index is 0.00000301. The molecule has 4 N–H and O–H groups in total. The fourth-order valence-electron chi connectivity index (χ4n) is 3.83. The molecule has 230 valence electrons. The van der Waals surface area contributed by atoms with Gasteiger partial charge in [0.25, 0.3) is 0 Å². The third-order valence-electron chi connectivity index (χ3n) is 5.51. The second-order valence-electron chi connectivity index (χ2n) is 9.27. The Morgan fingerprint density at radius 3 is 2.31 bits per heavy atom. The molecule has 42 heavy (non-hydrogen) atoms. The molecule has 1 aromatic carbocycles. The van der Waals surface area contributed by atoms with Crippen molar-refractivity contribution in [2.75, 3.05) is 11.9 Å². The summed E-state index contributed by atoms with van der Waals surface area (Å²) in [7, 11) is 0. The lowest BCUT2D eigenvalue weighted by Crippen LogP contribution is -2.29. The largest absolute Gasteiger partial charge is 0.433 e. The lowest BCUT2D eigenvalue weighted by molar-refractivity contribution is -0.141. The summed E-state index contributed by atoms with van der Waals surface area (Å²) in [6.07, 6.45) is -5.57. The molecule has 1 atom stereocenters. The molecular weight excluding hydrogens is 562 g/mol. The molecule has 0 radical (unpaired) electrons. The summed E-state index contributed by atoms with van der Waals surface area (Å²) in [5.74, 6) is 0.584. The highest BCUT2D eigenvalue weighted by atomic mass is 19.4. The van der Waals surface area contributed by atoms with E-state index in [-0.39, 0.29) is 30.3 Å². The minimum Gasteiger partial charge on any atom is -0.405 e. The fraction of sp³-hybridized carbons (Fsp3) is 0.414. The highest BCUT2D eigenvalue weighted by Crippen LogP contribution is 2.32. The Morgan fingerprint density at radius 2 is 1.74 bits per heavy atom. The predicted octanol–water partition coefficient (Wildman–Crippen LogP) is 7.22. The maximum Gasteiger partial charge on any atom is 0.433 e. The number of hydrogen-bond donors (Lipinski definition) is 3. The van der Waals surface area contributed by atoms with Crippen molar-refractivity contribution in [2.24, 2.45) is 5.73 Å². The van der Waals surface area contributed by atoms with Crippen LogP contribution in [0.4, 0.5) is 37.8 Å². The number of hydrogen-bond acceptors (Lipinski definition) is 7. The van der Waals surface area contributed by atoms with E-state index >= 15 is 0 Å². The van der Waals surface area contributed by atoms with Crippen LogP contribution >= 0.6 is 0 Å². The van der Waals surface area contributed by atoms with Gasteiger partial charge in [0.1, 0.15) is 17.3 Å². The number of anilines is 2. The second kappa shape index (κ2) is 15.5. The second-order valence-corrected chi connectivity index (χ2v) is 9.27. The van der Waals surface area contributed by atoms with Crippen LogP contribution in [0, 0.1) is 0 Å². The molecule has 7 nitrogen and oxygen atoms in total. The Bertz CT molecular complexity index is 1340. The normalized spacial score (nSPS) is 13.4. The third-order valence-corrected chi connectivity index (χ3v) is 5.51. The van der Waals surface area contributed by atoms with Crippen LogP contribution in [0.1, 0.15) is 51.7 Å². The Kier molecular flexibility index (Phi) is 12.7. The number of benzene rings is 1. The predicted molar refractivity (Wildman–Crippen MR) is 152 cm³/mol. The standard InChI is InChI=1S/C27H30F6N6O.C2H6/c1-16(2)40-17(3)13-35-15-24-38-22-12-18(11-19(5-4-10-34)26(28,29)30)6-8-21(22)25(39-24)37-20-7-9-23(36-14-20)27(31,32)33;1-2/h4-10,12,14,16-17,35H,11,13,15,34H2,1-3H3,(H,37,38,39);1-2H3/b10-4-,19-5+;. The first-order chi connectivity index (χ1) is 19.8. The van der Waals surface area contributed by atoms with E-state index in [0.717, 1.165) is 30.6 Å². The summed E-state index contributed by atoms with van der Waals surface area (Å²) in [6, 6.07) is 6.64. The van der Waals surface area contributed by atoms with E-state index in [2.05, 4.69) is 25.6 Å². The summed E-state index contributed by atoms with van der Waals surface area (Å²) in [4.78, 5) is 12.5. The number of alkyl halides is 6. The van der Waals surface area contributed by atoms with Crippen molar-refractivity contribution in [1.29, 1.82) is 0 Å².